The summed E-state index contributed by atoms with van der Waals surface area (Å²) >= 11 is 9.25. The van der Waals surface area contributed by atoms with Crippen LogP contribution >= 0.6 is 27.5 Å². The molecule has 102 valence electrons. The lowest BCUT2D eigenvalue weighted by molar-refractivity contribution is 0.0603. The quantitative estimate of drug-likeness (QED) is 0.729. The number of carbonyl (C=O) groups excluding carboxylic acids is 1. The van der Waals surface area contributed by atoms with E-state index in [1.165, 1.54) is 6.07 Å². The average molecular weight is 350 g/mol. The number of amides is 1. The number of hydrogen-bond acceptors (Lipinski definition) is 3. The Bertz CT molecular complexity index is 555. The monoisotopic (exact) mass is 348 g/mol. The van der Waals surface area contributed by atoms with Gasteiger partial charge in [-0.2, -0.15) is 0 Å². The maximum Gasteiger partial charge on any atom is 0.261 e. The molecule has 1 aromatic rings. The molecule has 1 saturated heterocycles. The highest BCUT2D eigenvalue weighted by Crippen LogP contribution is 2.39. The molecule has 0 aromatic heterocycles. The minimum absolute atomic E-state index is 0.0717. The zero-order valence-corrected chi connectivity index (χ0v) is 12.2. The molecule has 0 aliphatic carbocycles. The highest BCUT2D eigenvalue weighted by atomic mass is 79.9. The topological polar surface area (TPSA) is 41.6 Å². The molecule has 2 heterocycles. The van der Waals surface area contributed by atoms with Gasteiger partial charge >= 0.3 is 0 Å². The van der Waals surface area contributed by atoms with E-state index >= 15 is 0 Å². The van der Waals surface area contributed by atoms with Gasteiger partial charge in [0.25, 0.3) is 5.91 Å². The van der Waals surface area contributed by atoms with Crippen molar-refractivity contribution in [3.8, 4) is 5.75 Å². The van der Waals surface area contributed by atoms with Crippen molar-refractivity contribution in [2.45, 2.75) is 6.04 Å². The van der Waals surface area contributed by atoms with Gasteiger partial charge in [0.05, 0.1) is 11.1 Å². The summed E-state index contributed by atoms with van der Waals surface area (Å²) in [7, 11) is 0. The van der Waals surface area contributed by atoms with Crippen molar-refractivity contribution in [1.82, 2.24) is 10.2 Å². The lowest BCUT2D eigenvalue weighted by Crippen LogP contribution is -2.54. The highest BCUT2D eigenvalue weighted by molar-refractivity contribution is 9.10. The summed E-state index contributed by atoms with van der Waals surface area (Å²) in [5.74, 6) is -0.839. The first-order valence-electron chi connectivity index (χ1n) is 5.91. The van der Waals surface area contributed by atoms with E-state index in [-0.39, 0.29) is 28.3 Å². The summed E-state index contributed by atoms with van der Waals surface area (Å²) in [6.07, 6.45) is 0. The van der Waals surface area contributed by atoms with Gasteiger partial charge in [-0.25, -0.2) is 4.39 Å². The predicted octanol–water partition coefficient (Wildman–Crippen LogP) is 2.05. The maximum absolute atomic E-state index is 14.1. The molecule has 0 radical (unpaired) electrons. The van der Waals surface area contributed by atoms with Gasteiger partial charge in [-0.1, -0.05) is 11.6 Å². The molecule has 1 aromatic carbocycles. The fourth-order valence-corrected chi connectivity index (χ4v) is 2.99. The smallest absolute Gasteiger partial charge is 0.261 e. The highest BCUT2D eigenvalue weighted by Gasteiger charge is 2.36. The van der Waals surface area contributed by atoms with Crippen molar-refractivity contribution >= 4 is 33.4 Å². The van der Waals surface area contributed by atoms with Crippen molar-refractivity contribution in [3.63, 3.8) is 0 Å². The molecule has 1 unspecified atom stereocenters. The van der Waals surface area contributed by atoms with Gasteiger partial charge in [0, 0.05) is 24.1 Å². The summed E-state index contributed by atoms with van der Waals surface area (Å²) in [5.41, 5.74) is -0.0717. The first-order chi connectivity index (χ1) is 9.09. The standard InChI is InChI=1S/C12H11BrClFN2O2/c13-7-3-8(15)9-11(10(7)14)19-5-6-4-16-1-2-17(6)12(9)18/h3,6,16H,1-2,4-5H2. The minimum Gasteiger partial charge on any atom is -0.489 e. The van der Waals surface area contributed by atoms with Crippen LogP contribution in [0.1, 0.15) is 10.4 Å². The Morgan fingerprint density at radius 3 is 3.16 bits per heavy atom. The van der Waals surface area contributed by atoms with Crippen LogP contribution in [0.4, 0.5) is 4.39 Å². The van der Waals surface area contributed by atoms with E-state index in [2.05, 4.69) is 21.2 Å². The molecule has 1 atom stereocenters. The van der Waals surface area contributed by atoms with Crippen molar-refractivity contribution in [2.75, 3.05) is 26.2 Å². The van der Waals surface area contributed by atoms with Crippen molar-refractivity contribution in [3.05, 3.63) is 26.9 Å². The molecule has 0 saturated carbocycles. The van der Waals surface area contributed by atoms with Gasteiger partial charge in [0.15, 0.2) is 5.75 Å². The fourth-order valence-electron chi connectivity index (χ4n) is 2.41. The van der Waals surface area contributed by atoms with E-state index in [9.17, 15) is 9.18 Å². The molecule has 4 nitrogen and oxygen atoms in total. The third kappa shape index (κ3) is 2.11. The second-order valence-electron chi connectivity index (χ2n) is 4.53. The predicted molar refractivity (Wildman–Crippen MR) is 72.3 cm³/mol. The van der Waals surface area contributed by atoms with E-state index in [1.807, 2.05) is 0 Å². The number of halogens is 3. The molecule has 1 N–H and O–H groups in total. The Morgan fingerprint density at radius 2 is 2.37 bits per heavy atom. The van der Waals surface area contributed by atoms with E-state index in [0.717, 1.165) is 0 Å². The Labute approximate surface area is 123 Å². The van der Waals surface area contributed by atoms with Crippen LogP contribution in [-0.4, -0.2) is 43.1 Å². The SMILES string of the molecule is O=C1c2c(F)cc(Br)c(Cl)c2OCC2CNCCN12. The summed E-state index contributed by atoms with van der Waals surface area (Å²) in [6.45, 7) is 2.18. The van der Waals surface area contributed by atoms with Crippen molar-refractivity contribution < 1.29 is 13.9 Å². The van der Waals surface area contributed by atoms with E-state index in [4.69, 9.17) is 16.3 Å². The average Bonchev–Trinajstić information content (AvgIpc) is 2.54. The number of hydrogen-bond donors (Lipinski definition) is 1. The van der Waals surface area contributed by atoms with Crippen LogP contribution in [0.15, 0.2) is 10.5 Å². The van der Waals surface area contributed by atoms with Gasteiger partial charge in [0.1, 0.15) is 18.0 Å². The molecule has 1 amide bonds. The van der Waals surface area contributed by atoms with Crippen LogP contribution in [0.3, 0.4) is 0 Å². The zero-order chi connectivity index (χ0) is 13.6. The van der Waals surface area contributed by atoms with E-state index < -0.39 is 5.82 Å². The van der Waals surface area contributed by atoms with E-state index in [0.29, 0.717) is 30.7 Å². The van der Waals surface area contributed by atoms with Gasteiger partial charge in [-0.3, -0.25) is 4.79 Å². The lowest BCUT2D eigenvalue weighted by Gasteiger charge is -2.33. The molecular weight excluding hydrogens is 338 g/mol. The second kappa shape index (κ2) is 4.92. The number of fused-ring (bicyclic) bond motifs is 2. The van der Waals surface area contributed by atoms with Gasteiger partial charge in [-0.05, 0) is 22.0 Å². The van der Waals surface area contributed by atoms with Gasteiger partial charge in [-0.15, -0.1) is 0 Å². The van der Waals surface area contributed by atoms with Crippen molar-refractivity contribution in [2.24, 2.45) is 0 Å². The first-order valence-corrected chi connectivity index (χ1v) is 7.08. The second-order valence-corrected chi connectivity index (χ2v) is 5.76. The number of ether oxygens (including phenoxy) is 1. The molecule has 0 spiro atoms. The zero-order valence-electron chi connectivity index (χ0n) is 9.88. The number of carbonyl (C=O) groups is 1. The Hall–Kier alpha value is -0.850. The van der Waals surface area contributed by atoms with Crippen LogP contribution in [0.5, 0.6) is 5.75 Å². The number of piperazine rings is 1. The van der Waals surface area contributed by atoms with Crippen LogP contribution in [-0.2, 0) is 0 Å². The molecule has 7 heteroatoms. The normalized spacial score (nSPS) is 22.4. The molecule has 2 aliphatic heterocycles. The maximum atomic E-state index is 14.1. The Morgan fingerprint density at radius 1 is 1.58 bits per heavy atom. The van der Waals surface area contributed by atoms with Gasteiger partial charge < -0.3 is 15.0 Å². The molecule has 1 fully saturated rings. The molecule has 19 heavy (non-hydrogen) atoms. The van der Waals surface area contributed by atoms with Crippen LogP contribution in [0.2, 0.25) is 5.02 Å². The number of nitrogens with one attached hydrogen (secondary N) is 1. The third-order valence-electron chi connectivity index (χ3n) is 3.37. The van der Waals surface area contributed by atoms with Crippen LogP contribution in [0.25, 0.3) is 0 Å². The Balaban J connectivity index is 2.12. The third-order valence-corrected chi connectivity index (χ3v) is 4.60. The first kappa shape index (κ1) is 13.1. The van der Waals surface area contributed by atoms with Gasteiger partial charge in [0.2, 0.25) is 0 Å². The molecule has 0 bridgehead atoms. The number of rotatable bonds is 0. The molecule has 3 rings (SSSR count). The summed E-state index contributed by atoms with van der Waals surface area (Å²) in [4.78, 5) is 14.1. The van der Waals surface area contributed by atoms with Crippen LogP contribution < -0.4 is 10.1 Å². The lowest BCUT2D eigenvalue weighted by atomic mass is 10.1. The van der Waals surface area contributed by atoms with Crippen molar-refractivity contribution in [1.29, 1.82) is 0 Å². The largest absolute Gasteiger partial charge is 0.489 e. The summed E-state index contributed by atoms with van der Waals surface area (Å²) in [5, 5.41) is 3.42. The summed E-state index contributed by atoms with van der Waals surface area (Å²) in [6, 6.07) is 1.10. The Kier molecular flexibility index (Phi) is 3.41. The summed E-state index contributed by atoms with van der Waals surface area (Å²) < 4.78 is 20.0. The minimum atomic E-state index is -0.615. The molecular formula is C12H11BrClFN2O2. The fraction of sp³-hybridized carbons (Fsp3) is 0.417. The van der Waals surface area contributed by atoms with E-state index in [1.54, 1.807) is 4.90 Å². The van der Waals surface area contributed by atoms with Crippen LogP contribution in [0, 0.1) is 5.82 Å². The molecule has 2 aliphatic rings. The number of nitrogens with zero attached hydrogens (tertiary/aromatic N) is 1. The number of benzene rings is 1.